The predicted molar refractivity (Wildman–Crippen MR) is 92.1 cm³/mol. The molecule has 0 aromatic carbocycles. The number of H-pyrrole nitrogens is 1. The van der Waals surface area contributed by atoms with Gasteiger partial charge in [0.15, 0.2) is 0 Å². The smallest absolute Gasteiger partial charge is 0.318 e. The van der Waals surface area contributed by atoms with E-state index in [9.17, 15) is 9.59 Å². The van der Waals surface area contributed by atoms with Gasteiger partial charge in [-0.25, -0.2) is 9.78 Å². The second-order valence-electron chi connectivity index (χ2n) is 6.91. The number of carbonyl (C=O) groups excluding carboxylic acids is 1. The van der Waals surface area contributed by atoms with Crippen molar-refractivity contribution in [2.75, 3.05) is 19.6 Å². The van der Waals surface area contributed by atoms with Crippen LogP contribution in [0.1, 0.15) is 50.9 Å². The molecule has 0 spiro atoms. The molecule has 1 saturated heterocycles. The summed E-state index contributed by atoms with van der Waals surface area (Å²) in [6.45, 7) is 3.49. The standard InChI is InChI=1S/C17H27N5O3/c1-2-21(11-15(23)24)13-9-12(10-13)20-17(25)22-8-4-3-5-14(22)16-18-6-7-19-16/h6-7,12-14H,2-5,8-11H2,1H3,(H,18,19)(H,20,25)(H,23,24). The Kier molecular flexibility index (Phi) is 5.57. The molecule has 1 saturated carbocycles. The molecule has 138 valence electrons. The van der Waals surface area contributed by atoms with Crippen molar-refractivity contribution in [2.45, 2.75) is 57.2 Å². The molecule has 2 heterocycles. The van der Waals surface area contributed by atoms with Gasteiger partial charge in [0.1, 0.15) is 5.82 Å². The molecule has 25 heavy (non-hydrogen) atoms. The van der Waals surface area contributed by atoms with Crippen molar-refractivity contribution in [3.8, 4) is 0 Å². The molecule has 2 amide bonds. The highest BCUT2D eigenvalue weighted by molar-refractivity contribution is 5.75. The molecular weight excluding hydrogens is 322 g/mol. The number of imidazole rings is 1. The Bertz CT molecular complexity index is 585. The number of rotatable bonds is 6. The third kappa shape index (κ3) is 4.12. The quantitative estimate of drug-likeness (QED) is 0.724. The number of hydrogen-bond donors (Lipinski definition) is 3. The average Bonchev–Trinajstić information content (AvgIpc) is 3.10. The van der Waals surface area contributed by atoms with Crippen LogP contribution < -0.4 is 5.32 Å². The molecule has 1 unspecified atom stereocenters. The van der Waals surface area contributed by atoms with Crippen LogP contribution in [0.25, 0.3) is 0 Å². The van der Waals surface area contributed by atoms with Crippen LogP contribution in [0.4, 0.5) is 4.79 Å². The lowest BCUT2D eigenvalue weighted by molar-refractivity contribution is -0.139. The first-order valence-electron chi connectivity index (χ1n) is 9.10. The van der Waals surface area contributed by atoms with Crippen molar-refractivity contribution < 1.29 is 14.7 Å². The molecule has 3 N–H and O–H groups in total. The molecule has 0 bridgehead atoms. The normalized spacial score (nSPS) is 26.3. The van der Waals surface area contributed by atoms with Gasteiger partial charge in [0.05, 0.1) is 12.6 Å². The number of aromatic amines is 1. The van der Waals surface area contributed by atoms with E-state index in [0.29, 0.717) is 6.54 Å². The van der Waals surface area contributed by atoms with Crippen LogP contribution in [0.15, 0.2) is 12.4 Å². The molecule has 2 aliphatic rings. The molecule has 1 aliphatic carbocycles. The summed E-state index contributed by atoms with van der Waals surface area (Å²) in [5.74, 6) is 0.0453. The van der Waals surface area contributed by atoms with E-state index in [-0.39, 0.29) is 30.7 Å². The SMILES string of the molecule is CCN(CC(=O)O)C1CC(NC(=O)N2CCCCC2c2ncc[nH]2)C1. The summed E-state index contributed by atoms with van der Waals surface area (Å²) >= 11 is 0. The number of nitrogens with one attached hydrogen (secondary N) is 2. The van der Waals surface area contributed by atoms with Gasteiger partial charge in [-0.15, -0.1) is 0 Å². The van der Waals surface area contributed by atoms with Crippen molar-refractivity contribution >= 4 is 12.0 Å². The number of carbonyl (C=O) groups is 2. The van der Waals surface area contributed by atoms with E-state index in [2.05, 4.69) is 15.3 Å². The first kappa shape index (κ1) is 17.7. The highest BCUT2D eigenvalue weighted by Gasteiger charge is 2.37. The zero-order valence-corrected chi connectivity index (χ0v) is 14.6. The zero-order chi connectivity index (χ0) is 17.8. The number of piperidine rings is 1. The molecule has 8 nitrogen and oxygen atoms in total. The summed E-state index contributed by atoms with van der Waals surface area (Å²) in [7, 11) is 0. The maximum absolute atomic E-state index is 12.7. The third-order valence-corrected chi connectivity index (χ3v) is 5.30. The van der Waals surface area contributed by atoms with Crippen molar-refractivity contribution in [3.63, 3.8) is 0 Å². The lowest BCUT2D eigenvalue weighted by atomic mass is 9.85. The van der Waals surface area contributed by atoms with Crippen LogP contribution in [-0.4, -0.2) is 68.6 Å². The van der Waals surface area contributed by atoms with E-state index in [1.807, 2.05) is 16.7 Å². The summed E-state index contributed by atoms with van der Waals surface area (Å²) in [5.41, 5.74) is 0. The molecule has 1 atom stereocenters. The van der Waals surface area contributed by atoms with Crippen LogP contribution >= 0.6 is 0 Å². The van der Waals surface area contributed by atoms with E-state index in [0.717, 1.165) is 44.5 Å². The Morgan fingerprint density at radius 3 is 2.88 bits per heavy atom. The third-order valence-electron chi connectivity index (χ3n) is 5.30. The lowest BCUT2D eigenvalue weighted by Crippen LogP contribution is -2.57. The van der Waals surface area contributed by atoms with Gasteiger partial charge in [0, 0.05) is 31.0 Å². The van der Waals surface area contributed by atoms with Crippen LogP contribution in [-0.2, 0) is 4.79 Å². The van der Waals surface area contributed by atoms with E-state index >= 15 is 0 Å². The maximum atomic E-state index is 12.7. The number of amides is 2. The van der Waals surface area contributed by atoms with Gasteiger partial charge in [-0.2, -0.15) is 0 Å². The molecule has 1 aromatic heterocycles. The highest BCUT2D eigenvalue weighted by Crippen LogP contribution is 2.30. The Morgan fingerprint density at radius 2 is 2.24 bits per heavy atom. The monoisotopic (exact) mass is 349 g/mol. The Balaban J connectivity index is 1.52. The van der Waals surface area contributed by atoms with Gasteiger partial charge in [0.2, 0.25) is 0 Å². The minimum absolute atomic E-state index is 0.0128. The van der Waals surface area contributed by atoms with E-state index in [1.54, 1.807) is 12.4 Å². The van der Waals surface area contributed by atoms with Crippen LogP contribution in [0, 0.1) is 0 Å². The number of nitrogens with zero attached hydrogens (tertiary/aromatic N) is 3. The fraction of sp³-hybridized carbons (Fsp3) is 0.706. The average molecular weight is 349 g/mol. The van der Waals surface area contributed by atoms with Gasteiger partial charge >= 0.3 is 12.0 Å². The summed E-state index contributed by atoms with van der Waals surface area (Å²) in [6, 6.07) is 0.345. The number of aliphatic carboxylic acids is 1. The van der Waals surface area contributed by atoms with Gasteiger partial charge in [-0.3, -0.25) is 9.69 Å². The first-order valence-corrected chi connectivity index (χ1v) is 9.10. The van der Waals surface area contributed by atoms with Gasteiger partial charge in [0.25, 0.3) is 0 Å². The molecule has 8 heteroatoms. The van der Waals surface area contributed by atoms with E-state index < -0.39 is 5.97 Å². The number of carboxylic acids is 1. The number of carboxylic acid groups (broad SMARTS) is 1. The minimum Gasteiger partial charge on any atom is -0.480 e. The fourth-order valence-electron chi connectivity index (χ4n) is 3.85. The number of hydrogen-bond acceptors (Lipinski definition) is 4. The molecule has 2 fully saturated rings. The van der Waals surface area contributed by atoms with Crippen LogP contribution in [0.5, 0.6) is 0 Å². The van der Waals surface area contributed by atoms with Gasteiger partial charge < -0.3 is 20.3 Å². The Labute approximate surface area is 147 Å². The molecule has 0 radical (unpaired) electrons. The summed E-state index contributed by atoms with van der Waals surface area (Å²) in [6.07, 6.45) is 8.17. The van der Waals surface area contributed by atoms with E-state index in [1.165, 1.54) is 0 Å². The fourth-order valence-corrected chi connectivity index (χ4v) is 3.85. The predicted octanol–water partition coefficient (Wildman–Crippen LogP) is 1.58. The summed E-state index contributed by atoms with van der Waals surface area (Å²) in [5, 5.41) is 12.1. The van der Waals surface area contributed by atoms with Crippen molar-refractivity contribution in [1.82, 2.24) is 25.1 Å². The maximum Gasteiger partial charge on any atom is 0.318 e. The van der Waals surface area contributed by atoms with Crippen molar-refractivity contribution in [3.05, 3.63) is 18.2 Å². The summed E-state index contributed by atoms with van der Waals surface area (Å²) < 4.78 is 0. The highest BCUT2D eigenvalue weighted by atomic mass is 16.4. The van der Waals surface area contributed by atoms with Crippen molar-refractivity contribution in [1.29, 1.82) is 0 Å². The largest absolute Gasteiger partial charge is 0.480 e. The van der Waals surface area contributed by atoms with Crippen LogP contribution in [0.2, 0.25) is 0 Å². The number of urea groups is 1. The number of aromatic nitrogens is 2. The first-order chi connectivity index (χ1) is 12.1. The minimum atomic E-state index is -0.802. The second kappa shape index (κ2) is 7.86. The number of likely N-dealkylation sites (N-methyl/N-ethyl adjacent to an activating group) is 1. The van der Waals surface area contributed by atoms with Gasteiger partial charge in [-0.05, 0) is 38.6 Å². The topological polar surface area (TPSA) is 102 Å². The summed E-state index contributed by atoms with van der Waals surface area (Å²) in [4.78, 5) is 34.9. The molecular formula is C17H27N5O3. The lowest BCUT2D eigenvalue weighted by Gasteiger charge is -2.43. The Morgan fingerprint density at radius 1 is 1.44 bits per heavy atom. The van der Waals surface area contributed by atoms with Crippen LogP contribution in [0.3, 0.4) is 0 Å². The van der Waals surface area contributed by atoms with Gasteiger partial charge in [-0.1, -0.05) is 6.92 Å². The zero-order valence-electron chi connectivity index (χ0n) is 14.6. The molecule has 1 aromatic rings. The Hall–Kier alpha value is -2.09. The number of likely N-dealkylation sites (tertiary alicyclic amines) is 1. The molecule has 3 rings (SSSR count). The van der Waals surface area contributed by atoms with E-state index in [4.69, 9.17) is 5.11 Å². The van der Waals surface area contributed by atoms with Crippen molar-refractivity contribution in [2.24, 2.45) is 0 Å². The molecule has 1 aliphatic heterocycles. The second-order valence-corrected chi connectivity index (χ2v) is 6.91.